The van der Waals surface area contributed by atoms with E-state index in [1.54, 1.807) is 6.26 Å². The molecule has 0 aromatic carbocycles. The van der Waals surface area contributed by atoms with Gasteiger partial charge in [-0.1, -0.05) is 6.92 Å². The topological polar surface area (TPSA) is 33.5 Å². The lowest BCUT2D eigenvalue weighted by atomic mass is 10.0. The van der Waals surface area contributed by atoms with E-state index in [0.29, 0.717) is 17.7 Å². The van der Waals surface area contributed by atoms with Gasteiger partial charge in [-0.15, -0.1) is 0 Å². The van der Waals surface area contributed by atoms with Crippen molar-refractivity contribution >= 4 is 5.91 Å². The number of hydrogen-bond donors (Lipinski definition) is 0. The van der Waals surface area contributed by atoms with Crippen LogP contribution in [0.4, 0.5) is 0 Å². The Hall–Kier alpha value is -1.25. The van der Waals surface area contributed by atoms with Crippen molar-refractivity contribution in [2.75, 3.05) is 13.1 Å². The van der Waals surface area contributed by atoms with Crippen LogP contribution >= 0.6 is 0 Å². The van der Waals surface area contributed by atoms with Crippen molar-refractivity contribution in [3.63, 3.8) is 0 Å². The van der Waals surface area contributed by atoms with Gasteiger partial charge in [-0.25, -0.2) is 0 Å². The zero-order valence-corrected chi connectivity index (χ0v) is 10.3. The molecule has 3 nitrogen and oxygen atoms in total. The summed E-state index contributed by atoms with van der Waals surface area (Å²) in [6, 6.07) is 3.94. The fourth-order valence-corrected chi connectivity index (χ4v) is 2.80. The molecule has 1 saturated heterocycles. The minimum Gasteiger partial charge on any atom is -0.469 e. The van der Waals surface area contributed by atoms with Crippen molar-refractivity contribution in [3.05, 3.63) is 24.2 Å². The standard InChI is InChI=1S/C14H19NO2/c1-10(11-4-5-11)14(16)15-7-6-12(9-15)13-3-2-8-17-13/h2-3,8,10-12H,4-7,9H2,1H3. The van der Waals surface area contributed by atoms with Crippen LogP contribution in [0.3, 0.4) is 0 Å². The number of likely N-dealkylation sites (tertiary alicyclic amines) is 1. The lowest BCUT2D eigenvalue weighted by molar-refractivity contribution is -0.134. The van der Waals surface area contributed by atoms with Crippen LogP contribution in [0.1, 0.15) is 37.9 Å². The Balaban J connectivity index is 1.61. The van der Waals surface area contributed by atoms with Gasteiger partial charge in [0.2, 0.25) is 5.91 Å². The maximum absolute atomic E-state index is 12.2. The van der Waals surface area contributed by atoms with Gasteiger partial charge in [0.25, 0.3) is 0 Å². The monoisotopic (exact) mass is 233 g/mol. The molecular formula is C14H19NO2. The average Bonchev–Trinajstić information content (AvgIpc) is 2.85. The smallest absolute Gasteiger partial charge is 0.225 e. The van der Waals surface area contributed by atoms with Crippen LogP contribution in [0.5, 0.6) is 0 Å². The first-order valence-electron chi connectivity index (χ1n) is 6.58. The van der Waals surface area contributed by atoms with Crippen molar-refractivity contribution in [3.8, 4) is 0 Å². The Labute approximate surface area is 102 Å². The zero-order valence-electron chi connectivity index (χ0n) is 10.3. The zero-order chi connectivity index (χ0) is 11.8. The van der Waals surface area contributed by atoms with E-state index in [-0.39, 0.29) is 5.92 Å². The average molecular weight is 233 g/mol. The maximum Gasteiger partial charge on any atom is 0.225 e. The third-order valence-corrected chi connectivity index (χ3v) is 4.16. The molecular weight excluding hydrogens is 214 g/mol. The number of rotatable bonds is 3. The lowest BCUT2D eigenvalue weighted by Crippen LogP contribution is -2.33. The Morgan fingerprint density at radius 3 is 2.94 bits per heavy atom. The molecule has 1 aliphatic carbocycles. The van der Waals surface area contributed by atoms with Crippen LogP contribution in [-0.4, -0.2) is 23.9 Å². The van der Waals surface area contributed by atoms with E-state index >= 15 is 0 Å². The molecule has 3 heteroatoms. The highest BCUT2D eigenvalue weighted by atomic mass is 16.3. The van der Waals surface area contributed by atoms with Crippen molar-refractivity contribution in [1.29, 1.82) is 0 Å². The second-order valence-electron chi connectivity index (χ2n) is 5.41. The summed E-state index contributed by atoms with van der Waals surface area (Å²) in [5.74, 6) is 2.66. The molecule has 92 valence electrons. The van der Waals surface area contributed by atoms with E-state index in [9.17, 15) is 4.79 Å². The lowest BCUT2D eigenvalue weighted by Gasteiger charge is -2.20. The third kappa shape index (κ3) is 2.11. The van der Waals surface area contributed by atoms with Crippen molar-refractivity contribution in [1.82, 2.24) is 4.90 Å². The van der Waals surface area contributed by atoms with Gasteiger partial charge in [-0.05, 0) is 37.3 Å². The third-order valence-electron chi connectivity index (χ3n) is 4.16. The van der Waals surface area contributed by atoms with E-state index in [4.69, 9.17) is 4.42 Å². The molecule has 1 amide bonds. The number of hydrogen-bond acceptors (Lipinski definition) is 2. The number of carbonyl (C=O) groups is 1. The number of amides is 1. The molecule has 2 atom stereocenters. The molecule has 2 fully saturated rings. The summed E-state index contributed by atoms with van der Waals surface area (Å²) in [6.07, 6.45) is 5.23. The van der Waals surface area contributed by atoms with Gasteiger partial charge in [0.05, 0.1) is 6.26 Å². The van der Waals surface area contributed by atoms with E-state index < -0.39 is 0 Å². The number of furan rings is 1. The molecule has 1 aliphatic heterocycles. The van der Waals surface area contributed by atoms with Gasteiger partial charge in [-0.2, -0.15) is 0 Å². The molecule has 0 bridgehead atoms. The molecule has 2 heterocycles. The molecule has 17 heavy (non-hydrogen) atoms. The van der Waals surface area contributed by atoms with Gasteiger partial charge >= 0.3 is 0 Å². The van der Waals surface area contributed by atoms with E-state index in [0.717, 1.165) is 25.3 Å². The van der Waals surface area contributed by atoms with Gasteiger partial charge < -0.3 is 9.32 Å². The fraction of sp³-hybridized carbons (Fsp3) is 0.643. The normalized spacial score (nSPS) is 26.2. The SMILES string of the molecule is CC(C(=O)N1CCC(c2ccco2)C1)C1CC1. The summed E-state index contributed by atoms with van der Waals surface area (Å²) >= 11 is 0. The van der Waals surface area contributed by atoms with E-state index in [2.05, 4.69) is 6.92 Å². The molecule has 1 aromatic rings. The predicted molar refractivity (Wildman–Crippen MR) is 64.5 cm³/mol. The summed E-state index contributed by atoms with van der Waals surface area (Å²) in [6.45, 7) is 3.81. The van der Waals surface area contributed by atoms with Gasteiger partial charge in [0.15, 0.2) is 0 Å². The highest BCUT2D eigenvalue weighted by Crippen LogP contribution is 2.38. The Morgan fingerprint density at radius 2 is 2.29 bits per heavy atom. The molecule has 2 unspecified atom stereocenters. The second-order valence-corrected chi connectivity index (χ2v) is 5.41. The Kier molecular flexibility index (Phi) is 2.69. The predicted octanol–water partition coefficient (Wildman–Crippen LogP) is 2.64. The minimum atomic E-state index is 0.227. The van der Waals surface area contributed by atoms with Gasteiger partial charge in [0, 0.05) is 24.9 Å². The van der Waals surface area contributed by atoms with Crippen LogP contribution in [0, 0.1) is 11.8 Å². The number of nitrogens with zero attached hydrogens (tertiary/aromatic N) is 1. The van der Waals surface area contributed by atoms with Crippen molar-refractivity contribution in [2.24, 2.45) is 11.8 Å². The van der Waals surface area contributed by atoms with E-state index in [1.165, 1.54) is 12.8 Å². The molecule has 0 spiro atoms. The first kappa shape index (κ1) is 10.9. The van der Waals surface area contributed by atoms with Gasteiger partial charge in [0.1, 0.15) is 5.76 Å². The largest absolute Gasteiger partial charge is 0.469 e. The Morgan fingerprint density at radius 1 is 1.47 bits per heavy atom. The van der Waals surface area contributed by atoms with Crippen LogP contribution in [0.15, 0.2) is 22.8 Å². The highest BCUT2D eigenvalue weighted by molar-refractivity contribution is 5.79. The highest BCUT2D eigenvalue weighted by Gasteiger charge is 2.37. The molecule has 2 aliphatic rings. The Bertz CT molecular complexity index is 394. The summed E-state index contributed by atoms with van der Waals surface area (Å²) in [5.41, 5.74) is 0. The molecule has 0 radical (unpaired) electrons. The summed E-state index contributed by atoms with van der Waals surface area (Å²) in [7, 11) is 0. The van der Waals surface area contributed by atoms with Crippen LogP contribution in [0.2, 0.25) is 0 Å². The summed E-state index contributed by atoms with van der Waals surface area (Å²) < 4.78 is 5.43. The van der Waals surface area contributed by atoms with Crippen molar-refractivity contribution in [2.45, 2.75) is 32.1 Å². The molecule has 3 rings (SSSR count). The molecule has 1 saturated carbocycles. The molecule has 1 aromatic heterocycles. The van der Waals surface area contributed by atoms with Gasteiger partial charge in [-0.3, -0.25) is 4.79 Å². The van der Waals surface area contributed by atoms with Crippen molar-refractivity contribution < 1.29 is 9.21 Å². The molecule has 0 N–H and O–H groups in total. The summed E-state index contributed by atoms with van der Waals surface area (Å²) in [5, 5.41) is 0. The minimum absolute atomic E-state index is 0.227. The fourth-order valence-electron chi connectivity index (χ4n) is 2.80. The van der Waals surface area contributed by atoms with Crippen LogP contribution in [0.25, 0.3) is 0 Å². The first-order chi connectivity index (χ1) is 8.25. The quantitative estimate of drug-likeness (QED) is 0.804. The summed E-state index contributed by atoms with van der Waals surface area (Å²) in [4.78, 5) is 14.3. The number of carbonyl (C=O) groups excluding carboxylic acids is 1. The maximum atomic E-state index is 12.2. The first-order valence-corrected chi connectivity index (χ1v) is 6.58. The second kappa shape index (κ2) is 4.21. The van der Waals surface area contributed by atoms with Crippen LogP contribution < -0.4 is 0 Å². The van der Waals surface area contributed by atoms with E-state index in [1.807, 2.05) is 17.0 Å². The van der Waals surface area contributed by atoms with Crippen LogP contribution in [-0.2, 0) is 4.79 Å².